The number of aliphatic hydroxyl groups excluding tert-OH is 1. The highest BCUT2D eigenvalue weighted by Crippen LogP contribution is 2.23. The first kappa shape index (κ1) is 15.3. The van der Waals surface area contributed by atoms with E-state index in [0.29, 0.717) is 28.6 Å². The summed E-state index contributed by atoms with van der Waals surface area (Å²) in [7, 11) is 0. The minimum Gasteiger partial charge on any atom is -0.396 e. The topological polar surface area (TPSA) is 40.5 Å². The average molecular weight is 290 g/mol. The molecule has 0 aromatic heterocycles. The zero-order valence-corrected chi connectivity index (χ0v) is 12.0. The third kappa shape index (κ3) is 3.87. The fourth-order valence-electron chi connectivity index (χ4n) is 1.63. The van der Waals surface area contributed by atoms with Crippen molar-refractivity contribution in [1.82, 2.24) is 4.90 Å². The van der Waals surface area contributed by atoms with Crippen molar-refractivity contribution >= 4 is 29.1 Å². The zero-order chi connectivity index (χ0) is 13.7. The molecule has 1 rings (SSSR count). The van der Waals surface area contributed by atoms with Gasteiger partial charge in [0, 0.05) is 24.8 Å². The van der Waals surface area contributed by atoms with Crippen molar-refractivity contribution in [2.24, 2.45) is 0 Å². The van der Waals surface area contributed by atoms with Crippen LogP contribution >= 0.6 is 23.2 Å². The molecule has 0 unspecified atom stereocenters. The van der Waals surface area contributed by atoms with Crippen molar-refractivity contribution in [3.05, 3.63) is 33.8 Å². The van der Waals surface area contributed by atoms with Gasteiger partial charge in [0.05, 0.1) is 10.0 Å². The van der Waals surface area contributed by atoms with Crippen LogP contribution in [0.5, 0.6) is 0 Å². The molecule has 5 heteroatoms. The van der Waals surface area contributed by atoms with Gasteiger partial charge in [0.15, 0.2) is 0 Å². The number of aliphatic hydroxyl groups is 1. The lowest BCUT2D eigenvalue weighted by molar-refractivity contribution is 0.0693. The van der Waals surface area contributed by atoms with Gasteiger partial charge in [0.25, 0.3) is 5.91 Å². The Morgan fingerprint density at radius 3 is 2.50 bits per heavy atom. The van der Waals surface area contributed by atoms with Gasteiger partial charge in [0.1, 0.15) is 0 Å². The maximum Gasteiger partial charge on any atom is 0.254 e. The van der Waals surface area contributed by atoms with Gasteiger partial charge < -0.3 is 10.0 Å². The molecule has 3 nitrogen and oxygen atoms in total. The summed E-state index contributed by atoms with van der Waals surface area (Å²) in [5.41, 5.74) is 0.510. The molecular weight excluding hydrogens is 273 g/mol. The third-order valence-electron chi connectivity index (χ3n) is 2.61. The highest BCUT2D eigenvalue weighted by molar-refractivity contribution is 6.42. The molecule has 0 saturated carbocycles. The second-order valence-corrected chi connectivity index (χ2v) is 5.11. The summed E-state index contributed by atoms with van der Waals surface area (Å²) in [5, 5.41) is 9.65. The van der Waals surface area contributed by atoms with Crippen LogP contribution in [0.1, 0.15) is 30.6 Å². The van der Waals surface area contributed by atoms with E-state index < -0.39 is 0 Å². The first-order valence-electron chi connectivity index (χ1n) is 5.84. The Morgan fingerprint density at radius 2 is 2.00 bits per heavy atom. The molecular formula is C13H17Cl2NO2. The number of halogens is 2. The smallest absolute Gasteiger partial charge is 0.254 e. The van der Waals surface area contributed by atoms with Crippen LogP contribution in [0.2, 0.25) is 10.0 Å². The molecule has 0 fully saturated rings. The van der Waals surface area contributed by atoms with Crippen LogP contribution in [0.3, 0.4) is 0 Å². The molecule has 1 amide bonds. The Bertz CT molecular complexity index is 421. The fourth-order valence-corrected chi connectivity index (χ4v) is 1.93. The summed E-state index contributed by atoms with van der Waals surface area (Å²) in [4.78, 5) is 14.0. The molecule has 1 aromatic carbocycles. The minimum atomic E-state index is -0.1000. The van der Waals surface area contributed by atoms with Gasteiger partial charge in [-0.05, 0) is 38.5 Å². The number of rotatable bonds is 5. The molecule has 1 N–H and O–H groups in total. The summed E-state index contributed by atoms with van der Waals surface area (Å²) < 4.78 is 0. The van der Waals surface area contributed by atoms with E-state index in [1.165, 1.54) is 0 Å². The first-order chi connectivity index (χ1) is 8.47. The van der Waals surface area contributed by atoms with Crippen molar-refractivity contribution in [1.29, 1.82) is 0 Å². The molecule has 0 spiro atoms. The lowest BCUT2D eigenvalue weighted by Gasteiger charge is -2.26. The Labute approximate surface area is 117 Å². The van der Waals surface area contributed by atoms with E-state index in [9.17, 15) is 4.79 Å². The van der Waals surface area contributed by atoms with Crippen LogP contribution in [0.15, 0.2) is 18.2 Å². The van der Waals surface area contributed by atoms with Crippen LogP contribution in [0.4, 0.5) is 0 Å². The number of hydrogen-bond donors (Lipinski definition) is 1. The second kappa shape index (κ2) is 6.98. The number of nitrogens with zero attached hydrogens (tertiary/aromatic N) is 1. The van der Waals surface area contributed by atoms with Gasteiger partial charge in [-0.25, -0.2) is 0 Å². The average Bonchev–Trinajstić information content (AvgIpc) is 2.32. The Balaban J connectivity index is 2.91. The van der Waals surface area contributed by atoms with Gasteiger partial charge in [-0.2, -0.15) is 0 Å². The molecule has 0 saturated heterocycles. The molecule has 0 aliphatic carbocycles. The number of benzene rings is 1. The highest BCUT2D eigenvalue weighted by Gasteiger charge is 2.18. The van der Waals surface area contributed by atoms with Gasteiger partial charge in [-0.15, -0.1) is 0 Å². The molecule has 0 atom stereocenters. The fraction of sp³-hybridized carbons (Fsp3) is 0.462. The summed E-state index contributed by atoms with van der Waals surface area (Å²) in [5.74, 6) is -0.1000. The SMILES string of the molecule is CC(C)N(CCCO)C(=O)c1ccc(Cl)c(Cl)c1. The molecule has 0 aliphatic rings. The van der Waals surface area contributed by atoms with Crippen LogP contribution in [0.25, 0.3) is 0 Å². The number of amides is 1. The van der Waals surface area contributed by atoms with Gasteiger partial charge in [0.2, 0.25) is 0 Å². The van der Waals surface area contributed by atoms with E-state index in [1.807, 2.05) is 13.8 Å². The van der Waals surface area contributed by atoms with E-state index in [0.717, 1.165) is 0 Å². The molecule has 0 aliphatic heterocycles. The third-order valence-corrected chi connectivity index (χ3v) is 3.35. The summed E-state index contributed by atoms with van der Waals surface area (Å²) >= 11 is 11.7. The molecule has 0 heterocycles. The maximum atomic E-state index is 12.3. The molecule has 0 radical (unpaired) electrons. The van der Waals surface area contributed by atoms with E-state index >= 15 is 0 Å². The Morgan fingerprint density at radius 1 is 1.33 bits per heavy atom. The Kier molecular flexibility index (Phi) is 5.93. The molecule has 0 bridgehead atoms. The highest BCUT2D eigenvalue weighted by atomic mass is 35.5. The van der Waals surface area contributed by atoms with Gasteiger partial charge in [-0.1, -0.05) is 23.2 Å². The first-order valence-corrected chi connectivity index (χ1v) is 6.60. The largest absolute Gasteiger partial charge is 0.396 e. The van der Waals surface area contributed by atoms with E-state index in [-0.39, 0.29) is 18.6 Å². The van der Waals surface area contributed by atoms with Crippen molar-refractivity contribution in [2.75, 3.05) is 13.2 Å². The Hall–Kier alpha value is -0.770. The van der Waals surface area contributed by atoms with E-state index in [1.54, 1.807) is 23.1 Å². The monoisotopic (exact) mass is 289 g/mol. The zero-order valence-electron chi connectivity index (χ0n) is 10.5. The quantitative estimate of drug-likeness (QED) is 0.904. The van der Waals surface area contributed by atoms with Crippen LogP contribution < -0.4 is 0 Å². The van der Waals surface area contributed by atoms with Gasteiger partial charge >= 0.3 is 0 Å². The minimum absolute atomic E-state index is 0.0673. The standard InChI is InChI=1S/C13H17Cl2NO2/c1-9(2)16(6-3-7-17)13(18)10-4-5-11(14)12(15)8-10/h4-5,8-9,17H,3,6-7H2,1-2H3. The van der Waals surface area contributed by atoms with Crippen LogP contribution in [-0.2, 0) is 0 Å². The molecule has 18 heavy (non-hydrogen) atoms. The molecule has 100 valence electrons. The number of carbonyl (C=O) groups is 1. The van der Waals surface area contributed by atoms with Crippen molar-refractivity contribution in [3.8, 4) is 0 Å². The predicted molar refractivity (Wildman–Crippen MR) is 74.3 cm³/mol. The van der Waals surface area contributed by atoms with Crippen LogP contribution in [-0.4, -0.2) is 35.1 Å². The predicted octanol–water partition coefficient (Wildman–Crippen LogP) is 3.23. The van der Waals surface area contributed by atoms with Crippen molar-refractivity contribution < 1.29 is 9.90 Å². The summed E-state index contributed by atoms with van der Waals surface area (Å²) in [6.07, 6.45) is 0.561. The van der Waals surface area contributed by atoms with E-state index in [2.05, 4.69) is 0 Å². The number of carbonyl (C=O) groups excluding carboxylic acids is 1. The second-order valence-electron chi connectivity index (χ2n) is 4.30. The van der Waals surface area contributed by atoms with Crippen molar-refractivity contribution in [3.63, 3.8) is 0 Å². The van der Waals surface area contributed by atoms with E-state index in [4.69, 9.17) is 28.3 Å². The lowest BCUT2D eigenvalue weighted by Crippen LogP contribution is -2.38. The number of hydrogen-bond acceptors (Lipinski definition) is 2. The molecule has 1 aromatic rings. The maximum absolute atomic E-state index is 12.3. The van der Waals surface area contributed by atoms with Crippen molar-refractivity contribution in [2.45, 2.75) is 26.3 Å². The lowest BCUT2D eigenvalue weighted by atomic mass is 10.1. The van der Waals surface area contributed by atoms with Crippen LogP contribution in [0, 0.1) is 0 Å². The summed E-state index contributed by atoms with van der Waals surface area (Å²) in [6, 6.07) is 4.91. The normalized spacial score (nSPS) is 10.8. The summed E-state index contributed by atoms with van der Waals surface area (Å²) in [6.45, 7) is 4.46. The van der Waals surface area contributed by atoms with Gasteiger partial charge in [-0.3, -0.25) is 4.79 Å².